The van der Waals surface area contributed by atoms with Crippen molar-refractivity contribution in [3.05, 3.63) is 29.6 Å². The monoisotopic (exact) mass is 268 g/mol. The minimum Gasteiger partial charge on any atom is -0.496 e. The molecular formula is C15H25FN2O. The van der Waals surface area contributed by atoms with Gasteiger partial charge >= 0.3 is 0 Å². The zero-order valence-electron chi connectivity index (χ0n) is 12.3. The Hall–Kier alpha value is -1.13. The van der Waals surface area contributed by atoms with Crippen molar-refractivity contribution in [2.75, 3.05) is 20.2 Å². The number of hydrogen-bond acceptors (Lipinski definition) is 3. The number of hydrogen-bond donors (Lipinski definition) is 2. The van der Waals surface area contributed by atoms with Gasteiger partial charge in [-0.1, -0.05) is 19.9 Å². The number of rotatable bonds is 8. The van der Waals surface area contributed by atoms with E-state index in [0.717, 1.165) is 13.1 Å². The topological polar surface area (TPSA) is 33.3 Å². The standard InChI is InChI=1S/C15H25FN2O/c1-11(2)8-17-9-12(3)18-10-13-14(16)6-5-7-15(13)19-4/h5-7,11-12,17-18H,8-10H2,1-4H3. The van der Waals surface area contributed by atoms with E-state index in [1.807, 2.05) is 0 Å². The van der Waals surface area contributed by atoms with Gasteiger partial charge in [-0.25, -0.2) is 4.39 Å². The molecule has 0 aromatic heterocycles. The zero-order valence-corrected chi connectivity index (χ0v) is 12.3. The highest BCUT2D eigenvalue weighted by atomic mass is 19.1. The van der Waals surface area contributed by atoms with Gasteiger partial charge in [0, 0.05) is 24.7 Å². The van der Waals surface area contributed by atoms with E-state index >= 15 is 0 Å². The van der Waals surface area contributed by atoms with E-state index in [0.29, 0.717) is 23.8 Å². The van der Waals surface area contributed by atoms with Gasteiger partial charge in [-0.2, -0.15) is 0 Å². The Kier molecular flexibility index (Phi) is 6.81. The van der Waals surface area contributed by atoms with Crippen molar-refractivity contribution in [1.29, 1.82) is 0 Å². The lowest BCUT2D eigenvalue weighted by atomic mass is 10.1. The molecule has 0 spiro atoms. The van der Waals surface area contributed by atoms with Gasteiger partial charge < -0.3 is 15.4 Å². The summed E-state index contributed by atoms with van der Waals surface area (Å²) in [6, 6.07) is 5.18. The van der Waals surface area contributed by atoms with Gasteiger partial charge in [0.25, 0.3) is 0 Å². The van der Waals surface area contributed by atoms with Crippen LogP contribution in [0.5, 0.6) is 5.75 Å². The Morgan fingerprint density at radius 2 is 1.95 bits per heavy atom. The molecule has 0 aliphatic heterocycles. The van der Waals surface area contributed by atoms with Crippen LogP contribution in [0.3, 0.4) is 0 Å². The maximum atomic E-state index is 13.7. The van der Waals surface area contributed by atoms with E-state index in [9.17, 15) is 4.39 Å². The van der Waals surface area contributed by atoms with Gasteiger partial charge in [0.15, 0.2) is 0 Å². The molecule has 0 saturated carbocycles. The minimum absolute atomic E-state index is 0.228. The van der Waals surface area contributed by atoms with Gasteiger partial charge in [-0.3, -0.25) is 0 Å². The van der Waals surface area contributed by atoms with Crippen LogP contribution in [-0.2, 0) is 6.54 Å². The molecule has 0 saturated heterocycles. The largest absolute Gasteiger partial charge is 0.496 e. The van der Waals surface area contributed by atoms with Gasteiger partial charge in [-0.15, -0.1) is 0 Å². The average Bonchev–Trinajstić information content (AvgIpc) is 2.36. The van der Waals surface area contributed by atoms with Gasteiger partial charge in [0.2, 0.25) is 0 Å². The first-order chi connectivity index (χ1) is 9.04. The summed E-state index contributed by atoms with van der Waals surface area (Å²) in [6.45, 7) is 8.77. The number of benzene rings is 1. The number of halogens is 1. The predicted octanol–water partition coefficient (Wildman–Crippen LogP) is 2.56. The smallest absolute Gasteiger partial charge is 0.131 e. The Bertz CT molecular complexity index is 382. The number of ether oxygens (including phenoxy) is 1. The summed E-state index contributed by atoms with van der Waals surface area (Å²) in [5.41, 5.74) is 0.584. The lowest BCUT2D eigenvalue weighted by Gasteiger charge is -2.17. The first-order valence-corrected chi connectivity index (χ1v) is 6.80. The summed E-state index contributed by atoms with van der Waals surface area (Å²) in [6.07, 6.45) is 0. The van der Waals surface area contributed by atoms with Gasteiger partial charge in [-0.05, 0) is 31.5 Å². The highest BCUT2D eigenvalue weighted by Crippen LogP contribution is 2.20. The van der Waals surface area contributed by atoms with E-state index in [-0.39, 0.29) is 11.9 Å². The fourth-order valence-electron chi connectivity index (χ4n) is 1.84. The second-order valence-corrected chi connectivity index (χ2v) is 5.25. The van der Waals surface area contributed by atoms with Crippen molar-refractivity contribution in [3.63, 3.8) is 0 Å². The third-order valence-electron chi connectivity index (χ3n) is 2.93. The van der Waals surface area contributed by atoms with Crippen LogP contribution in [0.15, 0.2) is 18.2 Å². The lowest BCUT2D eigenvalue weighted by Crippen LogP contribution is -2.37. The molecule has 0 bridgehead atoms. The number of methoxy groups -OCH3 is 1. The highest BCUT2D eigenvalue weighted by Gasteiger charge is 2.10. The van der Waals surface area contributed by atoms with Crippen molar-refractivity contribution in [3.8, 4) is 5.75 Å². The number of nitrogens with one attached hydrogen (secondary N) is 2. The molecule has 0 fully saturated rings. The fraction of sp³-hybridized carbons (Fsp3) is 0.600. The molecule has 19 heavy (non-hydrogen) atoms. The molecule has 3 nitrogen and oxygen atoms in total. The molecule has 2 N–H and O–H groups in total. The van der Waals surface area contributed by atoms with Crippen LogP contribution < -0.4 is 15.4 Å². The molecule has 0 radical (unpaired) electrons. The van der Waals surface area contributed by atoms with Crippen LogP contribution in [-0.4, -0.2) is 26.2 Å². The fourth-order valence-corrected chi connectivity index (χ4v) is 1.84. The summed E-state index contributed by atoms with van der Waals surface area (Å²) >= 11 is 0. The second-order valence-electron chi connectivity index (χ2n) is 5.25. The molecular weight excluding hydrogens is 243 g/mol. The van der Waals surface area contributed by atoms with Crippen LogP contribution in [0.1, 0.15) is 26.3 Å². The molecule has 1 aromatic carbocycles. The third-order valence-corrected chi connectivity index (χ3v) is 2.93. The Morgan fingerprint density at radius 3 is 2.58 bits per heavy atom. The molecule has 1 unspecified atom stereocenters. The van der Waals surface area contributed by atoms with E-state index < -0.39 is 0 Å². The molecule has 1 rings (SSSR count). The summed E-state index contributed by atoms with van der Waals surface area (Å²) in [4.78, 5) is 0. The van der Waals surface area contributed by atoms with Crippen molar-refractivity contribution in [2.24, 2.45) is 5.92 Å². The van der Waals surface area contributed by atoms with Crippen LogP contribution in [0.2, 0.25) is 0 Å². The Morgan fingerprint density at radius 1 is 1.21 bits per heavy atom. The van der Waals surface area contributed by atoms with E-state index in [2.05, 4.69) is 31.4 Å². The summed E-state index contributed by atoms with van der Waals surface area (Å²) in [5, 5.41) is 6.68. The van der Waals surface area contributed by atoms with Crippen molar-refractivity contribution >= 4 is 0 Å². The Balaban J connectivity index is 2.43. The third kappa shape index (κ3) is 5.57. The maximum Gasteiger partial charge on any atom is 0.131 e. The van der Waals surface area contributed by atoms with Crippen molar-refractivity contribution < 1.29 is 9.13 Å². The lowest BCUT2D eigenvalue weighted by molar-refractivity contribution is 0.397. The van der Waals surface area contributed by atoms with Gasteiger partial charge in [0.1, 0.15) is 11.6 Å². The average molecular weight is 268 g/mol. The molecule has 108 valence electrons. The summed E-state index contributed by atoms with van der Waals surface area (Å²) < 4.78 is 18.9. The first-order valence-electron chi connectivity index (χ1n) is 6.80. The van der Waals surface area contributed by atoms with Crippen molar-refractivity contribution in [2.45, 2.75) is 33.4 Å². The predicted molar refractivity (Wildman–Crippen MR) is 77.0 cm³/mol. The highest BCUT2D eigenvalue weighted by molar-refractivity contribution is 5.34. The molecule has 0 heterocycles. The first kappa shape index (κ1) is 15.9. The van der Waals surface area contributed by atoms with Crippen LogP contribution >= 0.6 is 0 Å². The van der Waals surface area contributed by atoms with Gasteiger partial charge in [0.05, 0.1) is 7.11 Å². The minimum atomic E-state index is -0.228. The quantitative estimate of drug-likeness (QED) is 0.760. The molecule has 1 aromatic rings. The summed E-state index contributed by atoms with van der Waals surface area (Å²) in [7, 11) is 1.56. The van der Waals surface area contributed by atoms with Crippen molar-refractivity contribution in [1.82, 2.24) is 10.6 Å². The molecule has 4 heteroatoms. The van der Waals surface area contributed by atoms with E-state index in [1.165, 1.54) is 6.07 Å². The normalized spacial score (nSPS) is 12.7. The van der Waals surface area contributed by atoms with Crippen LogP contribution in [0.25, 0.3) is 0 Å². The van der Waals surface area contributed by atoms with Crippen LogP contribution in [0.4, 0.5) is 4.39 Å². The molecule has 0 aliphatic carbocycles. The van der Waals surface area contributed by atoms with E-state index in [1.54, 1.807) is 19.2 Å². The SMILES string of the molecule is COc1cccc(F)c1CNC(C)CNCC(C)C. The van der Waals surface area contributed by atoms with Crippen LogP contribution in [0, 0.1) is 11.7 Å². The Labute approximate surface area is 115 Å². The van der Waals surface area contributed by atoms with E-state index in [4.69, 9.17) is 4.74 Å². The molecule has 1 atom stereocenters. The zero-order chi connectivity index (χ0) is 14.3. The molecule has 0 amide bonds. The second kappa shape index (κ2) is 8.12. The summed E-state index contributed by atoms with van der Waals surface area (Å²) in [5.74, 6) is 1.00. The molecule has 0 aliphatic rings. The maximum absolute atomic E-state index is 13.7.